The minimum Gasteiger partial charge on any atom is -0.465 e. The number of anilines is 1. The second kappa shape index (κ2) is 8.32. The lowest BCUT2D eigenvalue weighted by molar-refractivity contribution is -0.117. The number of esters is 1. The van der Waals surface area contributed by atoms with Gasteiger partial charge in [0.05, 0.1) is 25.3 Å². The number of carbonyl (C=O) groups excluding carboxylic acids is 2. The zero-order valence-electron chi connectivity index (χ0n) is 17.4. The van der Waals surface area contributed by atoms with Crippen LogP contribution in [0.5, 0.6) is 0 Å². The summed E-state index contributed by atoms with van der Waals surface area (Å²) in [6, 6.07) is 4.44. The highest BCUT2D eigenvalue weighted by molar-refractivity contribution is 7.17. The first-order valence-electron chi connectivity index (χ1n) is 10.4. The SMILES string of the molecule is COC(=O)c1c(NC(=O)CN2CCC[C@@H]2c2cccn2C)sc2c1CC[C@H](C)C2. The summed E-state index contributed by atoms with van der Waals surface area (Å²) in [5.74, 6) is 0.184. The molecule has 1 fully saturated rings. The van der Waals surface area contributed by atoms with Gasteiger partial charge in [-0.2, -0.15) is 0 Å². The van der Waals surface area contributed by atoms with Gasteiger partial charge in [-0.25, -0.2) is 4.79 Å². The molecular weight excluding hydrogens is 386 g/mol. The van der Waals surface area contributed by atoms with Crippen LogP contribution >= 0.6 is 11.3 Å². The van der Waals surface area contributed by atoms with Crippen LogP contribution in [0.2, 0.25) is 0 Å². The van der Waals surface area contributed by atoms with Crippen molar-refractivity contribution >= 4 is 28.2 Å². The molecule has 0 radical (unpaired) electrons. The van der Waals surface area contributed by atoms with Crippen molar-refractivity contribution in [3.05, 3.63) is 40.0 Å². The fraction of sp³-hybridized carbons (Fsp3) is 0.545. The number of hydrogen-bond acceptors (Lipinski definition) is 5. The number of carbonyl (C=O) groups is 2. The molecule has 0 spiro atoms. The van der Waals surface area contributed by atoms with Gasteiger partial charge in [0.1, 0.15) is 5.00 Å². The van der Waals surface area contributed by atoms with E-state index in [0.29, 0.717) is 23.0 Å². The molecule has 1 N–H and O–H groups in total. The summed E-state index contributed by atoms with van der Waals surface area (Å²) in [6.07, 6.45) is 7.08. The van der Waals surface area contributed by atoms with E-state index in [4.69, 9.17) is 4.74 Å². The van der Waals surface area contributed by atoms with Crippen molar-refractivity contribution in [1.82, 2.24) is 9.47 Å². The maximum Gasteiger partial charge on any atom is 0.341 e. The molecule has 0 aromatic carbocycles. The van der Waals surface area contributed by atoms with Crippen LogP contribution < -0.4 is 5.32 Å². The summed E-state index contributed by atoms with van der Waals surface area (Å²) in [5.41, 5.74) is 2.87. The molecule has 2 aromatic rings. The number of hydrogen-bond donors (Lipinski definition) is 1. The van der Waals surface area contributed by atoms with Crippen molar-refractivity contribution in [2.45, 2.75) is 45.1 Å². The van der Waals surface area contributed by atoms with Crippen molar-refractivity contribution < 1.29 is 14.3 Å². The molecule has 3 heterocycles. The second-order valence-electron chi connectivity index (χ2n) is 8.27. The Hall–Kier alpha value is -2.12. The summed E-state index contributed by atoms with van der Waals surface area (Å²) in [6.45, 7) is 3.47. The number of rotatable bonds is 5. The molecule has 29 heavy (non-hydrogen) atoms. The summed E-state index contributed by atoms with van der Waals surface area (Å²) in [5, 5.41) is 3.68. The molecule has 1 aliphatic heterocycles. The van der Waals surface area contributed by atoms with Gasteiger partial charge in [-0.05, 0) is 62.3 Å². The molecule has 6 nitrogen and oxygen atoms in total. The van der Waals surface area contributed by atoms with Crippen molar-refractivity contribution in [1.29, 1.82) is 0 Å². The van der Waals surface area contributed by atoms with Crippen molar-refractivity contribution in [3.8, 4) is 0 Å². The van der Waals surface area contributed by atoms with Gasteiger partial charge in [0, 0.05) is 23.8 Å². The number of thiophene rings is 1. The van der Waals surface area contributed by atoms with E-state index in [2.05, 4.69) is 27.8 Å². The third kappa shape index (κ3) is 3.98. The predicted molar refractivity (Wildman–Crippen MR) is 114 cm³/mol. The molecule has 0 unspecified atom stereocenters. The van der Waals surface area contributed by atoms with E-state index in [-0.39, 0.29) is 17.9 Å². The van der Waals surface area contributed by atoms with Gasteiger partial charge in [0.2, 0.25) is 5.91 Å². The van der Waals surface area contributed by atoms with Crippen LogP contribution in [0.25, 0.3) is 0 Å². The Balaban J connectivity index is 1.51. The standard InChI is InChI=1S/C22H29N3O3S/c1-14-8-9-15-18(12-14)29-21(20(15)22(27)28-3)23-19(26)13-25-11-5-7-17(25)16-6-4-10-24(16)2/h4,6,10,14,17H,5,7-9,11-13H2,1-3H3,(H,23,26)/t14-,17+/m0/s1. The van der Waals surface area contributed by atoms with E-state index in [1.54, 1.807) is 11.3 Å². The lowest BCUT2D eigenvalue weighted by Gasteiger charge is -2.24. The Morgan fingerprint density at radius 3 is 2.90 bits per heavy atom. The number of nitrogens with zero attached hydrogens (tertiary/aromatic N) is 2. The number of methoxy groups -OCH3 is 1. The molecule has 1 amide bonds. The number of aryl methyl sites for hydroxylation is 1. The maximum absolute atomic E-state index is 12.9. The third-order valence-corrected chi connectivity index (χ3v) is 7.36. The van der Waals surface area contributed by atoms with Crippen molar-refractivity contribution in [3.63, 3.8) is 0 Å². The fourth-order valence-electron chi connectivity index (χ4n) is 4.68. The van der Waals surface area contributed by atoms with Crippen LogP contribution in [-0.2, 0) is 29.4 Å². The van der Waals surface area contributed by atoms with Crippen LogP contribution in [0, 0.1) is 5.92 Å². The second-order valence-corrected chi connectivity index (χ2v) is 9.37. The molecule has 0 saturated carbocycles. The predicted octanol–water partition coefficient (Wildman–Crippen LogP) is 3.77. The Labute approximate surface area is 175 Å². The molecule has 1 saturated heterocycles. The summed E-state index contributed by atoms with van der Waals surface area (Å²) in [4.78, 5) is 28.8. The van der Waals surface area contributed by atoms with E-state index in [9.17, 15) is 9.59 Å². The van der Waals surface area contributed by atoms with E-state index in [0.717, 1.165) is 44.2 Å². The van der Waals surface area contributed by atoms with Gasteiger partial charge in [-0.3, -0.25) is 9.69 Å². The van der Waals surface area contributed by atoms with Gasteiger partial charge in [-0.15, -0.1) is 11.3 Å². The monoisotopic (exact) mass is 415 g/mol. The van der Waals surface area contributed by atoms with E-state index in [1.165, 1.54) is 17.7 Å². The number of nitrogens with one attached hydrogen (secondary N) is 1. The summed E-state index contributed by atoms with van der Waals surface area (Å²) in [7, 11) is 3.45. The van der Waals surface area contributed by atoms with E-state index < -0.39 is 0 Å². The highest BCUT2D eigenvalue weighted by Gasteiger charge is 2.31. The lowest BCUT2D eigenvalue weighted by Crippen LogP contribution is -2.33. The summed E-state index contributed by atoms with van der Waals surface area (Å²) < 4.78 is 7.16. The quantitative estimate of drug-likeness (QED) is 0.755. The highest BCUT2D eigenvalue weighted by atomic mass is 32.1. The molecule has 1 aliphatic carbocycles. The Kier molecular flexibility index (Phi) is 5.79. The summed E-state index contributed by atoms with van der Waals surface area (Å²) >= 11 is 1.54. The Morgan fingerprint density at radius 2 is 2.17 bits per heavy atom. The molecule has 4 rings (SSSR count). The largest absolute Gasteiger partial charge is 0.465 e. The number of likely N-dealkylation sites (tertiary alicyclic amines) is 1. The maximum atomic E-state index is 12.9. The zero-order chi connectivity index (χ0) is 20.5. The fourth-order valence-corrected chi connectivity index (χ4v) is 6.09. The molecule has 2 atom stereocenters. The first kappa shape index (κ1) is 20.2. The average Bonchev–Trinajstić information content (AvgIpc) is 3.39. The number of fused-ring (bicyclic) bond motifs is 1. The highest BCUT2D eigenvalue weighted by Crippen LogP contribution is 2.40. The molecule has 156 valence electrons. The van der Waals surface area contributed by atoms with Gasteiger partial charge >= 0.3 is 5.97 Å². The normalized spacial score (nSPS) is 21.8. The van der Waals surface area contributed by atoms with Gasteiger partial charge < -0.3 is 14.6 Å². The third-order valence-electron chi connectivity index (χ3n) is 6.19. The van der Waals surface area contributed by atoms with Crippen molar-refractivity contribution in [2.75, 3.05) is 25.5 Å². The smallest absolute Gasteiger partial charge is 0.341 e. The number of ether oxygens (including phenoxy) is 1. The molecule has 0 bridgehead atoms. The Morgan fingerprint density at radius 1 is 1.34 bits per heavy atom. The minimum absolute atomic E-state index is 0.0668. The zero-order valence-corrected chi connectivity index (χ0v) is 18.2. The molecule has 7 heteroatoms. The number of amides is 1. The van der Waals surface area contributed by atoms with Crippen LogP contribution in [-0.4, -0.2) is 41.5 Å². The molecular formula is C22H29N3O3S. The first-order valence-corrected chi connectivity index (χ1v) is 11.2. The topological polar surface area (TPSA) is 63.6 Å². The van der Waals surface area contributed by atoms with Gasteiger partial charge in [0.15, 0.2) is 0 Å². The molecule has 2 aliphatic rings. The first-order chi connectivity index (χ1) is 14.0. The van der Waals surface area contributed by atoms with Crippen molar-refractivity contribution in [2.24, 2.45) is 13.0 Å². The number of aromatic nitrogens is 1. The van der Waals surface area contributed by atoms with E-state index in [1.807, 2.05) is 19.3 Å². The van der Waals surface area contributed by atoms with Crippen LogP contribution in [0.4, 0.5) is 5.00 Å². The molecule has 2 aromatic heterocycles. The van der Waals surface area contributed by atoms with Gasteiger partial charge in [-0.1, -0.05) is 6.92 Å². The lowest BCUT2D eigenvalue weighted by atomic mass is 9.88. The minimum atomic E-state index is -0.352. The Bertz CT molecular complexity index is 917. The van der Waals surface area contributed by atoms with Crippen LogP contribution in [0.1, 0.15) is 58.7 Å². The van der Waals surface area contributed by atoms with Crippen LogP contribution in [0.3, 0.4) is 0 Å². The van der Waals surface area contributed by atoms with Crippen LogP contribution in [0.15, 0.2) is 18.3 Å². The average molecular weight is 416 g/mol. The van der Waals surface area contributed by atoms with E-state index >= 15 is 0 Å². The van der Waals surface area contributed by atoms with Gasteiger partial charge in [0.25, 0.3) is 0 Å².